The number of nitrogens with zero attached hydrogens (tertiary/aromatic N) is 1. The van der Waals surface area contributed by atoms with Crippen molar-refractivity contribution in [2.75, 3.05) is 7.11 Å². The Labute approximate surface area is 91.8 Å². The number of hydrogen-bond acceptors (Lipinski definition) is 4. The Kier molecular flexibility index (Phi) is 3.58. The Morgan fingerprint density at radius 1 is 1.44 bits per heavy atom. The van der Waals surface area contributed by atoms with Crippen LogP contribution >= 0.6 is 0 Å². The van der Waals surface area contributed by atoms with Crippen molar-refractivity contribution in [3.8, 4) is 0 Å². The molecule has 0 aromatic heterocycles. The van der Waals surface area contributed by atoms with Gasteiger partial charge in [0, 0.05) is 12.1 Å². The summed E-state index contributed by atoms with van der Waals surface area (Å²) in [5, 5.41) is 10.4. The first kappa shape index (κ1) is 11.7. The van der Waals surface area contributed by atoms with E-state index in [0.29, 0.717) is 5.56 Å². The van der Waals surface area contributed by atoms with Crippen molar-refractivity contribution in [1.29, 1.82) is 0 Å². The van der Waals surface area contributed by atoms with E-state index < -0.39 is 10.9 Å². The fourth-order valence-corrected chi connectivity index (χ4v) is 1.14. The zero-order chi connectivity index (χ0) is 12.1. The van der Waals surface area contributed by atoms with E-state index in [0.717, 1.165) is 0 Å². The van der Waals surface area contributed by atoms with Gasteiger partial charge in [-0.05, 0) is 17.7 Å². The second kappa shape index (κ2) is 4.91. The second-order valence-corrected chi connectivity index (χ2v) is 2.85. The summed E-state index contributed by atoms with van der Waals surface area (Å²) < 4.78 is 4.52. The van der Waals surface area contributed by atoms with E-state index in [2.05, 4.69) is 17.0 Å². The highest BCUT2D eigenvalue weighted by Gasteiger charge is 2.13. The Morgan fingerprint density at radius 2 is 2.00 bits per heavy atom. The summed E-state index contributed by atoms with van der Waals surface area (Å²) in [7, 11) is 1.24. The molecule has 5 heteroatoms. The standard InChI is InChI=1S/C11H9NO4/c1-3-10(11(13)16-2)8-4-6-9(7-5-8)12(14)15/h4-7H,1H2,2H3. The fourth-order valence-electron chi connectivity index (χ4n) is 1.14. The zero-order valence-electron chi connectivity index (χ0n) is 8.60. The molecular formula is C11H9NO4. The van der Waals surface area contributed by atoms with Crippen LogP contribution in [0.4, 0.5) is 5.69 Å². The highest BCUT2D eigenvalue weighted by Crippen LogP contribution is 2.18. The maximum absolute atomic E-state index is 11.3. The van der Waals surface area contributed by atoms with Gasteiger partial charge in [-0.25, -0.2) is 4.79 Å². The van der Waals surface area contributed by atoms with Gasteiger partial charge in [0.05, 0.1) is 12.0 Å². The molecule has 0 spiro atoms. The topological polar surface area (TPSA) is 69.4 Å². The number of non-ortho nitro benzene ring substituents is 1. The Hall–Kier alpha value is -2.39. The molecule has 82 valence electrons. The van der Waals surface area contributed by atoms with Gasteiger partial charge < -0.3 is 4.74 Å². The largest absolute Gasteiger partial charge is 0.465 e. The molecule has 1 aromatic rings. The molecule has 0 aliphatic rings. The minimum Gasteiger partial charge on any atom is -0.465 e. The lowest BCUT2D eigenvalue weighted by molar-refractivity contribution is -0.384. The van der Waals surface area contributed by atoms with Crippen LogP contribution in [-0.4, -0.2) is 18.0 Å². The summed E-state index contributed by atoms with van der Waals surface area (Å²) in [5.74, 6) is -0.580. The molecule has 1 rings (SSSR count). The maximum Gasteiger partial charge on any atom is 0.346 e. The molecule has 0 N–H and O–H groups in total. The lowest BCUT2D eigenvalue weighted by Gasteiger charge is -2.02. The molecule has 0 unspecified atom stereocenters. The summed E-state index contributed by atoms with van der Waals surface area (Å²) in [6.45, 7) is 3.37. The molecule has 0 fully saturated rings. The van der Waals surface area contributed by atoms with Gasteiger partial charge in [0.15, 0.2) is 0 Å². The molecular weight excluding hydrogens is 210 g/mol. The summed E-state index contributed by atoms with van der Waals surface area (Å²) in [6, 6.07) is 5.50. The summed E-state index contributed by atoms with van der Waals surface area (Å²) >= 11 is 0. The minimum absolute atomic E-state index is 0.0444. The van der Waals surface area contributed by atoms with Gasteiger partial charge in [0.25, 0.3) is 5.69 Å². The van der Waals surface area contributed by atoms with Crippen molar-refractivity contribution < 1.29 is 14.5 Å². The van der Waals surface area contributed by atoms with E-state index in [1.54, 1.807) is 0 Å². The van der Waals surface area contributed by atoms with Crippen molar-refractivity contribution in [1.82, 2.24) is 0 Å². The molecule has 0 aliphatic carbocycles. The van der Waals surface area contributed by atoms with E-state index in [1.165, 1.54) is 31.4 Å². The van der Waals surface area contributed by atoms with Crippen LogP contribution in [-0.2, 0) is 9.53 Å². The predicted octanol–water partition coefficient (Wildman–Crippen LogP) is 1.94. The predicted molar refractivity (Wildman–Crippen MR) is 57.7 cm³/mol. The number of carbonyl (C=O) groups is 1. The van der Waals surface area contributed by atoms with Gasteiger partial charge >= 0.3 is 5.97 Å². The first-order chi connectivity index (χ1) is 7.60. The number of nitro groups is 1. The van der Waals surface area contributed by atoms with Crippen LogP contribution in [0, 0.1) is 10.1 Å². The van der Waals surface area contributed by atoms with Crippen molar-refractivity contribution >= 4 is 17.2 Å². The third kappa shape index (κ3) is 2.34. The van der Waals surface area contributed by atoms with E-state index >= 15 is 0 Å². The normalized spacial score (nSPS) is 9.06. The number of methoxy groups -OCH3 is 1. The van der Waals surface area contributed by atoms with Crippen LogP contribution in [0.5, 0.6) is 0 Å². The lowest BCUT2D eigenvalue weighted by atomic mass is 10.1. The Balaban J connectivity index is 3.10. The molecule has 0 heterocycles. The van der Waals surface area contributed by atoms with Gasteiger partial charge in [0.2, 0.25) is 0 Å². The van der Waals surface area contributed by atoms with Crippen molar-refractivity contribution in [2.45, 2.75) is 0 Å². The third-order valence-electron chi connectivity index (χ3n) is 1.93. The summed E-state index contributed by atoms with van der Waals surface area (Å²) in [6.07, 6.45) is 0. The van der Waals surface area contributed by atoms with Crippen LogP contribution in [0.3, 0.4) is 0 Å². The van der Waals surface area contributed by atoms with Crippen LogP contribution < -0.4 is 0 Å². The molecule has 1 aromatic carbocycles. The van der Waals surface area contributed by atoms with Crippen molar-refractivity contribution in [3.63, 3.8) is 0 Å². The van der Waals surface area contributed by atoms with Crippen molar-refractivity contribution in [2.24, 2.45) is 0 Å². The van der Waals surface area contributed by atoms with Crippen LogP contribution in [0.15, 0.2) is 36.6 Å². The SMILES string of the molecule is C=C=C(C(=O)OC)c1ccc([N+](=O)[O-])cc1. The smallest absolute Gasteiger partial charge is 0.346 e. The second-order valence-electron chi connectivity index (χ2n) is 2.85. The number of hydrogen-bond donors (Lipinski definition) is 0. The molecule has 0 atom stereocenters. The Bertz CT molecular complexity index is 469. The van der Waals surface area contributed by atoms with Gasteiger partial charge in [-0.3, -0.25) is 10.1 Å². The lowest BCUT2D eigenvalue weighted by Crippen LogP contribution is -2.02. The summed E-state index contributed by atoms with van der Waals surface area (Å²) in [4.78, 5) is 21.2. The summed E-state index contributed by atoms with van der Waals surface area (Å²) in [5.41, 5.74) is 3.03. The molecule has 0 radical (unpaired) electrons. The average Bonchev–Trinajstić information content (AvgIpc) is 2.30. The highest BCUT2D eigenvalue weighted by atomic mass is 16.6. The van der Waals surface area contributed by atoms with Gasteiger partial charge in [0.1, 0.15) is 5.57 Å². The number of rotatable bonds is 3. The van der Waals surface area contributed by atoms with E-state index in [1.807, 2.05) is 0 Å². The molecule has 0 amide bonds. The number of nitro benzene ring substituents is 1. The monoisotopic (exact) mass is 219 g/mol. The van der Waals surface area contributed by atoms with E-state index in [4.69, 9.17) is 0 Å². The first-order valence-electron chi connectivity index (χ1n) is 4.33. The van der Waals surface area contributed by atoms with Gasteiger partial charge in [-0.1, -0.05) is 6.58 Å². The van der Waals surface area contributed by atoms with Gasteiger partial charge in [-0.2, -0.15) is 0 Å². The maximum atomic E-state index is 11.3. The van der Waals surface area contributed by atoms with E-state index in [9.17, 15) is 14.9 Å². The fraction of sp³-hybridized carbons (Fsp3) is 0.0909. The van der Waals surface area contributed by atoms with Crippen LogP contribution in [0.1, 0.15) is 5.56 Å². The third-order valence-corrected chi connectivity index (χ3v) is 1.93. The average molecular weight is 219 g/mol. The number of carbonyl (C=O) groups excluding carboxylic acids is 1. The number of benzene rings is 1. The molecule has 5 nitrogen and oxygen atoms in total. The first-order valence-corrected chi connectivity index (χ1v) is 4.33. The van der Waals surface area contributed by atoms with Crippen molar-refractivity contribution in [3.05, 3.63) is 52.3 Å². The molecule has 0 saturated carbocycles. The molecule has 0 bridgehead atoms. The quantitative estimate of drug-likeness (QED) is 0.256. The Morgan fingerprint density at radius 3 is 2.38 bits per heavy atom. The molecule has 0 saturated heterocycles. The minimum atomic E-state index is -0.580. The zero-order valence-corrected chi connectivity index (χ0v) is 8.60. The van der Waals surface area contributed by atoms with Crippen LogP contribution in [0.25, 0.3) is 5.57 Å². The number of ether oxygens (including phenoxy) is 1. The van der Waals surface area contributed by atoms with Crippen LogP contribution in [0.2, 0.25) is 0 Å². The molecule has 16 heavy (non-hydrogen) atoms. The number of esters is 1. The highest BCUT2D eigenvalue weighted by molar-refractivity contribution is 6.16. The van der Waals surface area contributed by atoms with Gasteiger partial charge in [-0.15, -0.1) is 5.73 Å². The molecule has 0 aliphatic heterocycles. The van der Waals surface area contributed by atoms with E-state index in [-0.39, 0.29) is 11.3 Å².